The van der Waals surface area contributed by atoms with Gasteiger partial charge in [-0.3, -0.25) is 4.57 Å². The fourth-order valence-corrected chi connectivity index (χ4v) is 5.99. The van der Waals surface area contributed by atoms with Crippen molar-refractivity contribution in [3.8, 4) is 10.8 Å². The maximum atomic E-state index is 12.3. The number of rotatable bonds is 9. The fourth-order valence-electron chi connectivity index (χ4n) is 3.50. The van der Waals surface area contributed by atoms with E-state index in [0.717, 1.165) is 27.3 Å². The molecule has 4 rings (SSSR count). The van der Waals surface area contributed by atoms with Gasteiger partial charge in [-0.15, -0.1) is 11.3 Å². The molecule has 0 bridgehead atoms. The molecule has 4 aromatic rings. The van der Waals surface area contributed by atoms with Crippen molar-refractivity contribution in [3.63, 3.8) is 0 Å². The monoisotopic (exact) mass is 490 g/mol. The summed E-state index contributed by atoms with van der Waals surface area (Å²) >= 11 is 7.79. The Hall–Kier alpha value is -2.39. The van der Waals surface area contributed by atoms with Crippen molar-refractivity contribution in [2.45, 2.75) is 25.2 Å². The Morgan fingerprint density at radius 3 is 2.81 bits per heavy atom. The van der Waals surface area contributed by atoms with Gasteiger partial charge in [-0.25, -0.2) is 13.4 Å². The van der Waals surface area contributed by atoms with E-state index in [1.54, 1.807) is 12.4 Å². The van der Waals surface area contributed by atoms with Gasteiger partial charge in [-0.1, -0.05) is 35.9 Å². The number of sulfone groups is 1. The van der Waals surface area contributed by atoms with E-state index in [1.807, 2.05) is 59.3 Å². The third kappa shape index (κ3) is 5.15. The highest BCUT2D eigenvalue weighted by Gasteiger charge is 2.16. The van der Waals surface area contributed by atoms with Gasteiger partial charge in [0.25, 0.3) is 0 Å². The minimum atomic E-state index is -3.28. The summed E-state index contributed by atoms with van der Waals surface area (Å²) in [4.78, 5) is 4.44. The van der Waals surface area contributed by atoms with Crippen LogP contribution in [0.1, 0.15) is 30.6 Å². The molecule has 168 valence electrons. The number of thiophene rings is 1. The maximum absolute atomic E-state index is 12.3. The number of hydrogen-bond acceptors (Lipinski definition) is 6. The summed E-state index contributed by atoms with van der Waals surface area (Å²) in [6.45, 7) is 1.82. The summed E-state index contributed by atoms with van der Waals surface area (Å²) in [5.41, 5.74) is 3.22. The van der Waals surface area contributed by atoms with Crippen LogP contribution in [-0.4, -0.2) is 35.4 Å². The van der Waals surface area contributed by atoms with E-state index in [-0.39, 0.29) is 30.6 Å². The van der Waals surface area contributed by atoms with Gasteiger partial charge < -0.3 is 9.84 Å². The molecule has 1 atom stereocenters. The molecule has 0 unspecified atom stereocenters. The van der Waals surface area contributed by atoms with Crippen LogP contribution in [0.3, 0.4) is 0 Å². The van der Waals surface area contributed by atoms with Crippen LogP contribution in [-0.2, 0) is 15.6 Å². The average Bonchev–Trinajstić information content (AvgIpc) is 3.38. The molecule has 6 nitrogen and oxygen atoms in total. The number of aliphatic hydroxyl groups is 1. The molecule has 2 aromatic heterocycles. The number of nitrogens with zero attached hydrogens (tertiary/aromatic N) is 2. The average molecular weight is 491 g/mol. The second kappa shape index (κ2) is 9.62. The van der Waals surface area contributed by atoms with Crippen LogP contribution in [0, 0.1) is 0 Å². The van der Waals surface area contributed by atoms with Gasteiger partial charge in [0.05, 0.1) is 22.5 Å². The third-order valence-electron chi connectivity index (χ3n) is 5.07. The maximum Gasteiger partial charge on any atom is 0.154 e. The van der Waals surface area contributed by atoms with Crippen molar-refractivity contribution in [2.75, 3.05) is 12.4 Å². The number of fused-ring (bicyclic) bond motifs is 1. The number of aliphatic hydroxyl groups excluding tert-OH is 1. The normalized spacial score (nSPS) is 12.8. The Morgan fingerprint density at radius 2 is 2.03 bits per heavy atom. The van der Waals surface area contributed by atoms with Gasteiger partial charge in [0, 0.05) is 28.6 Å². The van der Waals surface area contributed by atoms with E-state index in [0.29, 0.717) is 10.6 Å². The van der Waals surface area contributed by atoms with Crippen LogP contribution in [0.25, 0.3) is 16.0 Å². The number of aromatic nitrogens is 2. The van der Waals surface area contributed by atoms with Crippen LogP contribution >= 0.6 is 22.9 Å². The number of halogens is 1. The van der Waals surface area contributed by atoms with Crippen molar-refractivity contribution in [1.82, 2.24) is 9.55 Å². The molecular formula is C23H23ClN2O4S2. The molecule has 0 saturated carbocycles. The van der Waals surface area contributed by atoms with E-state index < -0.39 is 9.84 Å². The highest BCUT2D eigenvalue weighted by atomic mass is 35.5. The molecular weight excluding hydrogens is 468 g/mol. The lowest BCUT2D eigenvalue weighted by molar-refractivity contribution is 0.228. The Labute approximate surface area is 196 Å². The van der Waals surface area contributed by atoms with E-state index in [9.17, 15) is 8.42 Å². The predicted octanol–water partition coefficient (Wildman–Crippen LogP) is 5.18. The summed E-state index contributed by atoms with van der Waals surface area (Å²) in [6.07, 6.45) is 1.76. The molecule has 0 fully saturated rings. The van der Waals surface area contributed by atoms with Crippen molar-refractivity contribution in [1.29, 1.82) is 0 Å². The highest BCUT2D eigenvalue weighted by molar-refractivity contribution is 7.90. The van der Waals surface area contributed by atoms with Crippen molar-refractivity contribution in [3.05, 3.63) is 76.4 Å². The molecule has 0 aliphatic heterocycles. The predicted molar refractivity (Wildman–Crippen MR) is 129 cm³/mol. The molecule has 1 N–H and O–H groups in total. The van der Waals surface area contributed by atoms with Crippen LogP contribution in [0.5, 0.6) is 5.75 Å². The fraction of sp³-hybridized carbons (Fsp3) is 0.261. The third-order valence-corrected chi connectivity index (χ3v) is 8.00. The first kappa shape index (κ1) is 22.8. The number of ether oxygens (including phenoxy) is 1. The van der Waals surface area contributed by atoms with Gasteiger partial charge in [0.15, 0.2) is 9.84 Å². The first-order valence-corrected chi connectivity index (χ1v) is 13.2. The zero-order valence-electron chi connectivity index (χ0n) is 17.4. The molecule has 32 heavy (non-hydrogen) atoms. The minimum absolute atomic E-state index is 0.0317. The van der Waals surface area contributed by atoms with Gasteiger partial charge >= 0.3 is 0 Å². The quantitative estimate of drug-likeness (QED) is 0.349. The molecule has 0 radical (unpaired) electrons. The largest absolute Gasteiger partial charge is 0.485 e. The zero-order valence-corrected chi connectivity index (χ0v) is 19.8. The van der Waals surface area contributed by atoms with Crippen LogP contribution in [0.4, 0.5) is 0 Å². The molecule has 2 aromatic carbocycles. The summed E-state index contributed by atoms with van der Waals surface area (Å²) in [6, 6.07) is 15.0. The highest BCUT2D eigenvalue weighted by Crippen LogP contribution is 2.32. The molecule has 0 aliphatic carbocycles. The first-order chi connectivity index (χ1) is 15.4. The zero-order chi connectivity index (χ0) is 22.7. The number of benzene rings is 2. The Kier molecular flexibility index (Phi) is 6.85. The Bertz CT molecular complexity index is 1330. The number of imidazole rings is 1. The van der Waals surface area contributed by atoms with Crippen molar-refractivity contribution >= 4 is 43.8 Å². The summed E-state index contributed by atoms with van der Waals surface area (Å²) in [5, 5.41) is 12.4. The van der Waals surface area contributed by atoms with E-state index >= 15 is 0 Å². The topological polar surface area (TPSA) is 81.4 Å². The smallest absolute Gasteiger partial charge is 0.154 e. The van der Waals surface area contributed by atoms with Gasteiger partial charge in [0.2, 0.25) is 0 Å². The lowest BCUT2D eigenvalue weighted by Gasteiger charge is -2.15. The van der Waals surface area contributed by atoms with E-state index in [2.05, 4.69) is 4.98 Å². The van der Waals surface area contributed by atoms with E-state index in [1.165, 1.54) is 11.3 Å². The molecule has 0 spiro atoms. The Morgan fingerprint density at radius 1 is 1.22 bits per heavy atom. The van der Waals surface area contributed by atoms with Crippen LogP contribution in [0.2, 0.25) is 5.02 Å². The summed E-state index contributed by atoms with van der Waals surface area (Å²) in [7, 11) is -3.28. The SMILES string of the molecule is C[C@@H](Oc1csc(-n2cnc3ccc(CS(=O)(=O)CCCO)cc32)c1)c1ccccc1Cl. The molecule has 0 aliphatic rings. The van der Waals surface area contributed by atoms with Gasteiger partial charge in [-0.2, -0.15) is 0 Å². The molecule has 2 heterocycles. The van der Waals surface area contributed by atoms with Crippen LogP contribution < -0.4 is 4.74 Å². The van der Waals surface area contributed by atoms with Crippen LogP contribution in [0.15, 0.2) is 60.2 Å². The van der Waals surface area contributed by atoms with Crippen molar-refractivity contribution < 1.29 is 18.3 Å². The second-order valence-corrected chi connectivity index (χ2v) is 11.0. The minimum Gasteiger partial charge on any atom is -0.485 e. The molecule has 0 saturated heterocycles. The van der Waals surface area contributed by atoms with Crippen molar-refractivity contribution in [2.24, 2.45) is 0 Å². The summed E-state index contributed by atoms with van der Waals surface area (Å²) in [5.74, 6) is 0.625. The lowest BCUT2D eigenvalue weighted by atomic mass is 10.1. The second-order valence-electron chi connectivity index (χ2n) is 7.51. The number of hydrogen-bond donors (Lipinski definition) is 1. The van der Waals surface area contributed by atoms with Gasteiger partial charge in [-0.05, 0) is 37.1 Å². The lowest BCUT2D eigenvalue weighted by Crippen LogP contribution is -2.10. The molecule has 9 heteroatoms. The van der Waals surface area contributed by atoms with Gasteiger partial charge in [0.1, 0.15) is 23.2 Å². The molecule has 0 amide bonds. The summed E-state index contributed by atoms with van der Waals surface area (Å²) < 4.78 is 32.6. The van der Waals surface area contributed by atoms with E-state index in [4.69, 9.17) is 21.4 Å². The first-order valence-electron chi connectivity index (χ1n) is 10.1. The Balaban J connectivity index is 1.56. The standard InChI is InChI=1S/C23H23ClN2O4S2/c1-16(19-5-2-3-6-20(19)24)30-18-12-23(31-13-18)26-15-25-21-8-7-17(11-22(21)26)14-32(28,29)10-4-9-27/h2-3,5-8,11-13,15-16,27H,4,9-10,14H2,1H3/t16-/m1/s1.